The van der Waals surface area contributed by atoms with Gasteiger partial charge in [-0.25, -0.2) is 0 Å². The second-order valence-corrected chi connectivity index (χ2v) is 5.09. The van der Waals surface area contributed by atoms with Crippen LogP contribution in [0.15, 0.2) is 18.2 Å². The van der Waals surface area contributed by atoms with Gasteiger partial charge in [0.05, 0.1) is 0 Å². The van der Waals surface area contributed by atoms with Crippen LogP contribution in [0.2, 0.25) is 10.0 Å². The molecule has 15 heavy (non-hydrogen) atoms. The zero-order chi connectivity index (χ0) is 10.8. The molecular formula is C12H15Cl2N. The molecule has 0 bridgehead atoms. The number of rotatable bonds is 1. The van der Waals surface area contributed by atoms with Crippen molar-refractivity contribution in [3.8, 4) is 0 Å². The van der Waals surface area contributed by atoms with Crippen molar-refractivity contribution in [3.05, 3.63) is 33.8 Å². The Labute approximate surface area is 101 Å². The summed E-state index contributed by atoms with van der Waals surface area (Å²) in [6.07, 6.45) is 1.16. The van der Waals surface area contributed by atoms with Crippen molar-refractivity contribution >= 4 is 23.2 Å². The minimum absolute atomic E-state index is 0.566. The standard InChI is InChI=1S/C12H15Cl2N/c1-8-7-15-5-4-10(8)11-3-2-9(13)6-12(11)14/h2-3,6,8,10,15H,4-5,7H2,1H3/t8-,10+/m1/s1. The van der Waals surface area contributed by atoms with E-state index in [1.54, 1.807) is 0 Å². The summed E-state index contributed by atoms with van der Waals surface area (Å²) in [4.78, 5) is 0. The van der Waals surface area contributed by atoms with E-state index in [2.05, 4.69) is 18.3 Å². The highest BCUT2D eigenvalue weighted by molar-refractivity contribution is 6.35. The van der Waals surface area contributed by atoms with Crippen LogP contribution in [0.5, 0.6) is 0 Å². The molecule has 2 atom stereocenters. The Hall–Kier alpha value is -0.240. The molecule has 0 aromatic heterocycles. The fourth-order valence-corrected chi connectivity index (χ4v) is 2.83. The van der Waals surface area contributed by atoms with Gasteiger partial charge in [0.25, 0.3) is 0 Å². The molecule has 1 aliphatic heterocycles. The first kappa shape index (κ1) is 11.3. The molecule has 3 heteroatoms. The lowest BCUT2D eigenvalue weighted by Crippen LogP contribution is -2.33. The van der Waals surface area contributed by atoms with E-state index in [0.29, 0.717) is 16.9 Å². The molecule has 1 aliphatic rings. The van der Waals surface area contributed by atoms with E-state index in [-0.39, 0.29) is 0 Å². The Kier molecular flexibility index (Phi) is 3.55. The van der Waals surface area contributed by atoms with Crippen molar-refractivity contribution in [3.63, 3.8) is 0 Å². The second kappa shape index (κ2) is 4.73. The largest absolute Gasteiger partial charge is 0.316 e. The Morgan fingerprint density at radius 2 is 2.13 bits per heavy atom. The summed E-state index contributed by atoms with van der Waals surface area (Å²) in [7, 11) is 0. The van der Waals surface area contributed by atoms with Gasteiger partial charge in [-0.1, -0.05) is 36.2 Å². The third-order valence-corrected chi connectivity index (χ3v) is 3.71. The van der Waals surface area contributed by atoms with E-state index < -0.39 is 0 Å². The number of hydrogen-bond donors (Lipinski definition) is 1. The highest BCUT2D eigenvalue weighted by atomic mass is 35.5. The van der Waals surface area contributed by atoms with Gasteiger partial charge in [-0.2, -0.15) is 0 Å². The zero-order valence-corrected chi connectivity index (χ0v) is 10.3. The number of hydrogen-bond acceptors (Lipinski definition) is 1. The van der Waals surface area contributed by atoms with Gasteiger partial charge in [-0.15, -0.1) is 0 Å². The van der Waals surface area contributed by atoms with Crippen molar-refractivity contribution < 1.29 is 0 Å². The predicted molar refractivity (Wildman–Crippen MR) is 65.9 cm³/mol. The van der Waals surface area contributed by atoms with Crippen LogP contribution < -0.4 is 5.32 Å². The van der Waals surface area contributed by atoms with Gasteiger partial charge in [-0.05, 0) is 49.0 Å². The molecular weight excluding hydrogens is 229 g/mol. The fourth-order valence-electron chi connectivity index (χ4n) is 2.28. The molecule has 1 N–H and O–H groups in total. The van der Waals surface area contributed by atoms with Gasteiger partial charge >= 0.3 is 0 Å². The molecule has 1 saturated heterocycles. The van der Waals surface area contributed by atoms with E-state index in [1.165, 1.54) is 5.56 Å². The predicted octanol–water partition coefficient (Wildman–Crippen LogP) is 3.71. The summed E-state index contributed by atoms with van der Waals surface area (Å²) in [6.45, 7) is 4.42. The molecule has 1 heterocycles. The molecule has 0 radical (unpaired) electrons. The molecule has 0 spiro atoms. The van der Waals surface area contributed by atoms with Crippen molar-refractivity contribution in [1.29, 1.82) is 0 Å². The van der Waals surface area contributed by atoms with Crippen LogP contribution in [0.25, 0.3) is 0 Å². The molecule has 0 amide bonds. The molecule has 1 fully saturated rings. The lowest BCUT2D eigenvalue weighted by atomic mass is 9.82. The molecule has 82 valence electrons. The summed E-state index contributed by atoms with van der Waals surface area (Å²) in [5.74, 6) is 1.20. The van der Waals surface area contributed by atoms with Gasteiger partial charge in [0.1, 0.15) is 0 Å². The van der Waals surface area contributed by atoms with Crippen molar-refractivity contribution in [2.45, 2.75) is 19.3 Å². The Morgan fingerprint density at radius 3 is 2.80 bits per heavy atom. The van der Waals surface area contributed by atoms with E-state index in [0.717, 1.165) is 24.5 Å². The summed E-state index contributed by atoms with van der Waals surface area (Å²) >= 11 is 12.1. The van der Waals surface area contributed by atoms with Gasteiger partial charge in [-0.3, -0.25) is 0 Å². The molecule has 0 unspecified atom stereocenters. The van der Waals surface area contributed by atoms with Gasteiger partial charge in [0.15, 0.2) is 0 Å². The first-order valence-electron chi connectivity index (χ1n) is 5.34. The molecule has 0 saturated carbocycles. The minimum atomic E-state index is 0.566. The van der Waals surface area contributed by atoms with Gasteiger partial charge < -0.3 is 5.32 Å². The molecule has 0 aliphatic carbocycles. The summed E-state index contributed by atoms with van der Waals surface area (Å²) < 4.78 is 0. The maximum Gasteiger partial charge on any atom is 0.0455 e. The lowest BCUT2D eigenvalue weighted by Gasteiger charge is -2.30. The number of benzene rings is 1. The van der Waals surface area contributed by atoms with Crippen molar-refractivity contribution in [1.82, 2.24) is 5.32 Å². The average Bonchev–Trinajstić information content (AvgIpc) is 2.20. The average molecular weight is 244 g/mol. The monoisotopic (exact) mass is 243 g/mol. The highest BCUT2D eigenvalue weighted by Gasteiger charge is 2.24. The highest BCUT2D eigenvalue weighted by Crippen LogP contribution is 2.35. The van der Waals surface area contributed by atoms with Crippen LogP contribution in [-0.2, 0) is 0 Å². The smallest absolute Gasteiger partial charge is 0.0455 e. The summed E-state index contributed by atoms with van der Waals surface area (Å²) in [5, 5.41) is 4.92. The molecule has 1 aromatic rings. The normalized spacial score (nSPS) is 26.6. The van der Waals surface area contributed by atoms with E-state index in [9.17, 15) is 0 Å². The SMILES string of the molecule is C[C@@H]1CNCC[C@@H]1c1ccc(Cl)cc1Cl. The maximum absolute atomic E-state index is 6.22. The lowest BCUT2D eigenvalue weighted by molar-refractivity contribution is 0.349. The summed E-state index contributed by atoms with van der Waals surface area (Å²) in [6, 6.07) is 5.84. The molecule has 1 aromatic carbocycles. The van der Waals surface area contributed by atoms with Crippen LogP contribution in [0.4, 0.5) is 0 Å². The third kappa shape index (κ3) is 2.47. The van der Waals surface area contributed by atoms with Crippen LogP contribution in [0.3, 0.4) is 0 Å². The van der Waals surface area contributed by atoms with Gasteiger partial charge in [0, 0.05) is 10.0 Å². The zero-order valence-electron chi connectivity index (χ0n) is 8.76. The first-order valence-corrected chi connectivity index (χ1v) is 6.09. The number of halogens is 2. The topological polar surface area (TPSA) is 12.0 Å². The maximum atomic E-state index is 6.22. The van der Waals surface area contributed by atoms with Crippen LogP contribution in [0, 0.1) is 5.92 Å². The Balaban J connectivity index is 2.27. The summed E-state index contributed by atoms with van der Waals surface area (Å²) in [5.41, 5.74) is 1.25. The number of piperidine rings is 1. The molecule has 1 nitrogen and oxygen atoms in total. The minimum Gasteiger partial charge on any atom is -0.316 e. The number of nitrogens with one attached hydrogen (secondary N) is 1. The van der Waals surface area contributed by atoms with E-state index in [1.807, 2.05) is 12.1 Å². The molecule has 2 rings (SSSR count). The van der Waals surface area contributed by atoms with Gasteiger partial charge in [0.2, 0.25) is 0 Å². The van der Waals surface area contributed by atoms with Crippen molar-refractivity contribution in [2.75, 3.05) is 13.1 Å². The Bertz CT molecular complexity index is 351. The quantitative estimate of drug-likeness (QED) is 0.794. The van der Waals surface area contributed by atoms with E-state index >= 15 is 0 Å². The van der Waals surface area contributed by atoms with Crippen LogP contribution in [-0.4, -0.2) is 13.1 Å². The Morgan fingerprint density at radius 1 is 1.33 bits per heavy atom. The van der Waals surface area contributed by atoms with Crippen LogP contribution >= 0.6 is 23.2 Å². The van der Waals surface area contributed by atoms with Crippen LogP contribution in [0.1, 0.15) is 24.8 Å². The fraction of sp³-hybridized carbons (Fsp3) is 0.500. The second-order valence-electron chi connectivity index (χ2n) is 4.24. The third-order valence-electron chi connectivity index (χ3n) is 3.15. The van der Waals surface area contributed by atoms with E-state index in [4.69, 9.17) is 23.2 Å². The van der Waals surface area contributed by atoms with Crippen molar-refractivity contribution in [2.24, 2.45) is 5.92 Å². The first-order chi connectivity index (χ1) is 7.18.